The van der Waals surface area contributed by atoms with Crippen molar-refractivity contribution < 1.29 is 9.47 Å². The smallest absolute Gasteiger partial charge is 0.137 e. The fourth-order valence-electron chi connectivity index (χ4n) is 1.56. The van der Waals surface area contributed by atoms with E-state index in [1.54, 1.807) is 12.1 Å². The molecule has 0 bridgehead atoms. The van der Waals surface area contributed by atoms with E-state index in [-0.39, 0.29) is 0 Å². The van der Waals surface area contributed by atoms with Crippen molar-refractivity contribution in [3.63, 3.8) is 0 Å². The van der Waals surface area contributed by atoms with E-state index < -0.39 is 0 Å². The van der Waals surface area contributed by atoms with Crippen molar-refractivity contribution in [1.29, 1.82) is 0 Å². The Morgan fingerprint density at radius 2 is 1.60 bits per heavy atom. The summed E-state index contributed by atoms with van der Waals surface area (Å²) in [6, 6.07) is 11.0. The summed E-state index contributed by atoms with van der Waals surface area (Å²) >= 11 is 11.7. The molecule has 0 saturated carbocycles. The van der Waals surface area contributed by atoms with Gasteiger partial charge in [0, 0.05) is 5.56 Å². The molecule has 1 aromatic carbocycles. The van der Waals surface area contributed by atoms with Gasteiger partial charge in [-0.15, -0.1) is 0 Å². The van der Waals surface area contributed by atoms with Gasteiger partial charge in [-0.2, -0.15) is 0 Å². The molecule has 106 valence electrons. The first kappa shape index (κ1) is 14.9. The number of pyridine rings is 1. The van der Waals surface area contributed by atoms with Gasteiger partial charge in [0.25, 0.3) is 0 Å². The molecule has 0 aliphatic heterocycles. The average molecular weight is 312 g/mol. The number of aromatic nitrogens is 1. The predicted octanol–water partition coefficient (Wildman–Crippen LogP) is 4.76. The highest BCUT2D eigenvalue weighted by atomic mass is 35.5. The van der Waals surface area contributed by atoms with Crippen LogP contribution in [0, 0.1) is 0 Å². The molecule has 0 amide bonds. The quantitative estimate of drug-likeness (QED) is 0.721. The molecule has 20 heavy (non-hydrogen) atoms. The van der Waals surface area contributed by atoms with E-state index in [0.717, 1.165) is 23.5 Å². The summed E-state index contributed by atoms with van der Waals surface area (Å²) in [6.45, 7) is 3.13. The molecular formula is C15H15Cl2NO2. The van der Waals surface area contributed by atoms with Crippen LogP contribution in [0.1, 0.15) is 18.9 Å². The van der Waals surface area contributed by atoms with E-state index >= 15 is 0 Å². The first-order valence-corrected chi connectivity index (χ1v) is 7.11. The summed E-state index contributed by atoms with van der Waals surface area (Å²) < 4.78 is 11.2. The molecule has 0 aliphatic rings. The van der Waals surface area contributed by atoms with Gasteiger partial charge in [0.2, 0.25) is 0 Å². The van der Waals surface area contributed by atoms with Crippen molar-refractivity contribution in [2.24, 2.45) is 0 Å². The molecule has 0 radical (unpaired) electrons. The zero-order valence-corrected chi connectivity index (χ0v) is 12.6. The Morgan fingerprint density at radius 3 is 2.20 bits per heavy atom. The normalized spacial score (nSPS) is 10.3. The fourth-order valence-corrected chi connectivity index (χ4v) is 1.96. The Morgan fingerprint density at radius 1 is 0.950 bits per heavy atom. The van der Waals surface area contributed by atoms with Crippen molar-refractivity contribution in [1.82, 2.24) is 4.98 Å². The third-order valence-electron chi connectivity index (χ3n) is 2.58. The third kappa shape index (κ3) is 4.29. The van der Waals surface area contributed by atoms with Crippen LogP contribution in [0.5, 0.6) is 11.5 Å². The number of benzene rings is 1. The van der Waals surface area contributed by atoms with Crippen LogP contribution in [0.25, 0.3) is 0 Å². The van der Waals surface area contributed by atoms with Crippen molar-refractivity contribution in [3.05, 3.63) is 52.3 Å². The lowest BCUT2D eigenvalue weighted by Gasteiger charge is -2.09. The minimum atomic E-state index is 0.345. The first-order valence-electron chi connectivity index (χ1n) is 6.35. The van der Waals surface area contributed by atoms with Crippen LogP contribution in [0.3, 0.4) is 0 Å². The Balaban J connectivity index is 1.93. The maximum absolute atomic E-state index is 5.98. The van der Waals surface area contributed by atoms with Crippen molar-refractivity contribution in [3.8, 4) is 11.5 Å². The Hall–Kier alpha value is -1.45. The lowest BCUT2D eigenvalue weighted by Crippen LogP contribution is -1.98. The molecule has 0 atom stereocenters. The van der Waals surface area contributed by atoms with E-state index in [0.29, 0.717) is 23.5 Å². The fraction of sp³-hybridized carbons (Fsp3) is 0.267. The van der Waals surface area contributed by atoms with Crippen LogP contribution in [0.4, 0.5) is 0 Å². The lowest BCUT2D eigenvalue weighted by molar-refractivity contribution is 0.301. The van der Waals surface area contributed by atoms with Crippen molar-refractivity contribution in [2.45, 2.75) is 20.0 Å². The molecule has 1 aromatic heterocycles. The maximum Gasteiger partial charge on any atom is 0.137 e. The lowest BCUT2D eigenvalue weighted by atomic mass is 10.3. The first-order chi connectivity index (χ1) is 9.69. The Kier molecular flexibility index (Phi) is 5.50. The molecule has 1 heterocycles. The predicted molar refractivity (Wildman–Crippen MR) is 80.8 cm³/mol. The highest BCUT2D eigenvalue weighted by Gasteiger charge is 2.04. The zero-order valence-electron chi connectivity index (χ0n) is 11.1. The molecule has 0 saturated heterocycles. The van der Waals surface area contributed by atoms with E-state index in [9.17, 15) is 0 Å². The number of halogens is 2. The summed E-state index contributed by atoms with van der Waals surface area (Å²) in [5.74, 6) is 1.59. The molecule has 0 fully saturated rings. The van der Waals surface area contributed by atoms with Gasteiger partial charge in [0.15, 0.2) is 0 Å². The molecule has 0 unspecified atom stereocenters. The molecule has 0 spiro atoms. The van der Waals surface area contributed by atoms with Gasteiger partial charge in [-0.1, -0.05) is 30.1 Å². The standard InChI is InChI=1S/C15H15Cl2NO2/c1-2-9-19-12-4-6-13(7-5-12)20-10-11-3-8-14(16)18-15(11)17/h3-8H,2,9-10H2,1H3. The zero-order chi connectivity index (χ0) is 14.4. The van der Waals surface area contributed by atoms with Crippen LogP contribution in [-0.4, -0.2) is 11.6 Å². The second-order valence-corrected chi connectivity index (χ2v) is 4.94. The number of rotatable bonds is 6. The largest absolute Gasteiger partial charge is 0.494 e. The third-order valence-corrected chi connectivity index (χ3v) is 3.12. The van der Waals surface area contributed by atoms with Gasteiger partial charge >= 0.3 is 0 Å². The summed E-state index contributed by atoms with van der Waals surface area (Å²) in [6.07, 6.45) is 0.986. The summed E-state index contributed by atoms with van der Waals surface area (Å²) in [5, 5.41) is 0.733. The van der Waals surface area contributed by atoms with E-state index in [2.05, 4.69) is 11.9 Å². The molecule has 2 aromatic rings. The van der Waals surface area contributed by atoms with Crippen LogP contribution in [-0.2, 0) is 6.61 Å². The van der Waals surface area contributed by atoms with Crippen LogP contribution in [0.15, 0.2) is 36.4 Å². The molecule has 3 nitrogen and oxygen atoms in total. The Labute approximate surface area is 128 Å². The minimum Gasteiger partial charge on any atom is -0.494 e. The van der Waals surface area contributed by atoms with Gasteiger partial charge in [-0.25, -0.2) is 4.98 Å². The average Bonchev–Trinajstić information content (AvgIpc) is 2.45. The Bertz CT molecular complexity index is 558. The molecule has 0 aliphatic carbocycles. The van der Waals surface area contributed by atoms with E-state index in [4.69, 9.17) is 32.7 Å². The van der Waals surface area contributed by atoms with Gasteiger partial charge in [0.1, 0.15) is 28.4 Å². The minimum absolute atomic E-state index is 0.345. The molecule has 0 N–H and O–H groups in total. The number of hydrogen-bond donors (Lipinski definition) is 0. The maximum atomic E-state index is 5.98. The second kappa shape index (κ2) is 7.36. The second-order valence-electron chi connectivity index (χ2n) is 4.19. The summed E-state index contributed by atoms with van der Waals surface area (Å²) in [7, 11) is 0. The topological polar surface area (TPSA) is 31.4 Å². The van der Waals surface area contributed by atoms with Crippen molar-refractivity contribution >= 4 is 23.2 Å². The molecule has 5 heteroatoms. The SMILES string of the molecule is CCCOc1ccc(OCc2ccc(Cl)nc2Cl)cc1. The number of nitrogens with zero attached hydrogens (tertiary/aromatic N) is 1. The number of ether oxygens (including phenoxy) is 2. The summed E-state index contributed by atoms with van der Waals surface area (Å²) in [5.41, 5.74) is 0.794. The van der Waals surface area contributed by atoms with Crippen LogP contribution >= 0.6 is 23.2 Å². The van der Waals surface area contributed by atoms with Gasteiger partial charge in [0.05, 0.1) is 6.61 Å². The monoisotopic (exact) mass is 311 g/mol. The van der Waals surface area contributed by atoms with Crippen molar-refractivity contribution in [2.75, 3.05) is 6.61 Å². The number of hydrogen-bond acceptors (Lipinski definition) is 3. The van der Waals surface area contributed by atoms with Crippen LogP contribution < -0.4 is 9.47 Å². The van der Waals surface area contributed by atoms with E-state index in [1.165, 1.54) is 0 Å². The van der Waals surface area contributed by atoms with E-state index in [1.807, 2.05) is 24.3 Å². The van der Waals surface area contributed by atoms with Gasteiger partial charge < -0.3 is 9.47 Å². The highest BCUT2D eigenvalue weighted by Crippen LogP contribution is 2.21. The van der Waals surface area contributed by atoms with Gasteiger partial charge in [-0.05, 0) is 42.8 Å². The van der Waals surface area contributed by atoms with Crippen LogP contribution in [0.2, 0.25) is 10.3 Å². The van der Waals surface area contributed by atoms with Gasteiger partial charge in [-0.3, -0.25) is 0 Å². The molecule has 2 rings (SSSR count). The highest BCUT2D eigenvalue weighted by molar-refractivity contribution is 6.32. The summed E-state index contributed by atoms with van der Waals surface area (Å²) in [4.78, 5) is 3.96. The molecular weight excluding hydrogens is 297 g/mol.